The van der Waals surface area contributed by atoms with Crippen LogP contribution in [0.3, 0.4) is 0 Å². The second kappa shape index (κ2) is 8.01. The number of amides is 1. The van der Waals surface area contributed by atoms with Crippen molar-refractivity contribution in [2.45, 2.75) is 23.2 Å². The molecule has 0 unspecified atom stereocenters. The molecule has 0 saturated carbocycles. The first kappa shape index (κ1) is 21.4. The van der Waals surface area contributed by atoms with Gasteiger partial charge in [0.25, 0.3) is 15.9 Å². The van der Waals surface area contributed by atoms with E-state index in [1.165, 1.54) is 22.5 Å². The van der Waals surface area contributed by atoms with Crippen molar-refractivity contribution in [2.75, 3.05) is 16.2 Å². The number of anilines is 2. The summed E-state index contributed by atoms with van der Waals surface area (Å²) >= 11 is 1.13. The molecule has 0 aliphatic carbocycles. The fourth-order valence-corrected chi connectivity index (χ4v) is 6.18. The minimum absolute atomic E-state index is 0.237. The summed E-state index contributed by atoms with van der Waals surface area (Å²) in [6, 6.07) is 12.5. The molecule has 1 aliphatic rings. The number of hydrogen-bond acceptors (Lipinski definition) is 4. The number of rotatable bonds is 4. The van der Waals surface area contributed by atoms with Crippen LogP contribution in [0.4, 0.5) is 24.5 Å². The maximum Gasteiger partial charge on any atom is 0.417 e. The third kappa shape index (κ3) is 4.17. The summed E-state index contributed by atoms with van der Waals surface area (Å²) < 4.78 is 67.1. The van der Waals surface area contributed by atoms with Crippen LogP contribution in [-0.4, -0.2) is 20.9 Å². The number of fused-ring (bicyclic) bond motifs is 1. The summed E-state index contributed by atoms with van der Waals surface area (Å²) in [6.45, 7) is 0.331. The number of carbonyl (C=O) groups is 1. The Morgan fingerprint density at radius 2 is 1.84 bits per heavy atom. The molecular formula is C21H17F3N2O3S2. The Balaban J connectivity index is 1.62. The highest BCUT2D eigenvalue weighted by Gasteiger charge is 2.35. The molecule has 2 heterocycles. The quantitative estimate of drug-likeness (QED) is 0.578. The molecule has 0 bridgehead atoms. The van der Waals surface area contributed by atoms with Gasteiger partial charge in [0.2, 0.25) is 0 Å². The van der Waals surface area contributed by atoms with Crippen LogP contribution in [0.1, 0.15) is 27.9 Å². The van der Waals surface area contributed by atoms with Gasteiger partial charge in [-0.25, -0.2) is 8.42 Å². The van der Waals surface area contributed by atoms with E-state index in [4.69, 9.17) is 0 Å². The van der Waals surface area contributed by atoms with Crippen LogP contribution in [0.5, 0.6) is 0 Å². The van der Waals surface area contributed by atoms with E-state index in [-0.39, 0.29) is 4.21 Å². The number of hydrogen-bond donors (Lipinski definition) is 1. The molecule has 162 valence electrons. The molecule has 10 heteroatoms. The molecule has 1 N–H and O–H groups in total. The molecule has 0 fully saturated rings. The molecule has 1 aromatic heterocycles. The van der Waals surface area contributed by atoms with Crippen LogP contribution in [0.15, 0.2) is 64.2 Å². The van der Waals surface area contributed by atoms with Crippen molar-refractivity contribution in [1.29, 1.82) is 0 Å². The van der Waals surface area contributed by atoms with Gasteiger partial charge in [-0.15, -0.1) is 11.3 Å². The lowest BCUT2D eigenvalue weighted by Crippen LogP contribution is -2.35. The second-order valence-corrected chi connectivity index (χ2v) is 9.99. The van der Waals surface area contributed by atoms with Crippen LogP contribution in [0, 0.1) is 0 Å². The molecule has 5 nitrogen and oxygen atoms in total. The van der Waals surface area contributed by atoms with E-state index in [1.807, 2.05) is 0 Å². The Bertz CT molecular complexity index is 1220. The van der Waals surface area contributed by atoms with Crippen molar-refractivity contribution < 1.29 is 26.4 Å². The number of sulfonamides is 1. The number of aryl methyl sites for hydroxylation is 1. The molecule has 0 atom stereocenters. The summed E-state index contributed by atoms with van der Waals surface area (Å²) in [5.41, 5.74) is 0.0195. The molecule has 1 aliphatic heterocycles. The van der Waals surface area contributed by atoms with E-state index in [0.29, 0.717) is 36.3 Å². The lowest BCUT2D eigenvalue weighted by molar-refractivity contribution is -0.137. The maximum atomic E-state index is 13.2. The Morgan fingerprint density at radius 1 is 1.06 bits per heavy atom. The number of nitrogens with one attached hydrogen (secondary N) is 1. The molecule has 0 spiro atoms. The topological polar surface area (TPSA) is 66.5 Å². The van der Waals surface area contributed by atoms with Crippen molar-refractivity contribution in [3.63, 3.8) is 0 Å². The van der Waals surface area contributed by atoms with E-state index < -0.39 is 33.2 Å². The average Bonchev–Trinajstić information content (AvgIpc) is 3.28. The average molecular weight is 467 g/mol. The van der Waals surface area contributed by atoms with Crippen molar-refractivity contribution >= 4 is 38.6 Å². The van der Waals surface area contributed by atoms with E-state index in [0.717, 1.165) is 23.5 Å². The zero-order valence-electron chi connectivity index (χ0n) is 16.0. The molecule has 3 aromatic rings. The molecule has 31 heavy (non-hydrogen) atoms. The summed E-state index contributed by atoms with van der Waals surface area (Å²) in [5.74, 6) is -0.883. The van der Waals surface area contributed by atoms with E-state index in [9.17, 15) is 26.4 Å². The monoisotopic (exact) mass is 466 g/mol. The highest BCUT2D eigenvalue weighted by molar-refractivity contribution is 7.94. The predicted octanol–water partition coefficient (Wildman–Crippen LogP) is 5.16. The lowest BCUT2D eigenvalue weighted by Gasteiger charge is -2.30. The molecular weight excluding hydrogens is 449 g/mol. The van der Waals surface area contributed by atoms with Crippen LogP contribution in [-0.2, 0) is 22.6 Å². The standard InChI is InChI=1S/C21H17F3N2O3S2/c22-21(23,24)17-7-2-1-6-16(17)20(27)25-15-9-10-18-14(13-15)5-3-11-26(18)31(28,29)19-8-4-12-30-19/h1-2,4,6-10,12-13H,3,5,11H2,(H,25,27). The van der Waals surface area contributed by atoms with Gasteiger partial charge in [0.15, 0.2) is 0 Å². The molecule has 0 saturated heterocycles. The van der Waals surface area contributed by atoms with Gasteiger partial charge in [-0.1, -0.05) is 18.2 Å². The first-order valence-electron chi connectivity index (χ1n) is 9.35. The first-order valence-corrected chi connectivity index (χ1v) is 11.7. The number of halogens is 3. The normalized spacial score (nSPS) is 14.2. The number of thiophene rings is 1. The Labute approximate surface area is 181 Å². The second-order valence-electron chi connectivity index (χ2n) is 6.95. The number of carbonyl (C=O) groups excluding carboxylic acids is 1. The van der Waals surface area contributed by atoms with Gasteiger partial charge in [0.05, 0.1) is 16.8 Å². The zero-order valence-corrected chi connectivity index (χ0v) is 17.7. The van der Waals surface area contributed by atoms with Crippen LogP contribution in [0.2, 0.25) is 0 Å². The van der Waals surface area contributed by atoms with Crippen LogP contribution in [0.25, 0.3) is 0 Å². The van der Waals surface area contributed by atoms with Crippen molar-refractivity contribution in [3.8, 4) is 0 Å². The van der Waals surface area contributed by atoms with Crippen LogP contribution >= 0.6 is 11.3 Å². The Morgan fingerprint density at radius 3 is 2.55 bits per heavy atom. The Hall–Kier alpha value is -2.85. The minimum atomic E-state index is -4.65. The summed E-state index contributed by atoms with van der Waals surface area (Å²) in [4.78, 5) is 12.5. The SMILES string of the molecule is O=C(Nc1ccc2c(c1)CCCN2S(=O)(=O)c1cccs1)c1ccccc1C(F)(F)F. The number of alkyl halides is 3. The fourth-order valence-electron chi connectivity index (χ4n) is 3.54. The van der Waals surface area contributed by atoms with Gasteiger partial charge in [-0.2, -0.15) is 13.2 Å². The molecule has 2 aromatic carbocycles. The largest absolute Gasteiger partial charge is 0.417 e. The highest BCUT2D eigenvalue weighted by Crippen LogP contribution is 2.36. The van der Waals surface area contributed by atoms with E-state index in [2.05, 4.69) is 5.32 Å². The van der Waals surface area contributed by atoms with Crippen molar-refractivity contribution in [1.82, 2.24) is 0 Å². The Kier molecular flexibility index (Phi) is 5.52. The summed E-state index contributed by atoms with van der Waals surface area (Å²) in [7, 11) is -3.69. The molecule has 1 amide bonds. The fraction of sp³-hybridized carbons (Fsp3) is 0.190. The lowest BCUT2D eigenvalue weighted by atomic mass is 10.0. The smallest absolute Gasteiger partial charge is 0.322 e. The third-order valence-electron chi connectivity index (χ3n) is 4.93. The van der Waals surface area contributed by atoms with Crippen molar-refractivity contribution in [3.05, 3.63) is 76.7 Å². The zero-order chi connectivity index (χ0) is 22.2. The third-order valence-corrected chi connectivity index (χ3v) is 8.12. The predicted molar refractivity (Wildman–Crippen MR) is 113 cm³/mol. The van der Waals surface area contributed by atoms with Gasteiger partial charge in [-0.05, 0) is 60.2 Å². The first-order chi connectivity index (χ1) is 14.7. The number of nitrogens with zero attached hydrogens (tertiary/aromatic N) is 1. The molecule has 0 radical (unpaired) electrons. The number of benzene rings is 2. The van der Waals surface area contributed by atoms with Gasteiger partial charge in [-0.3, -0.25) is 9.10 Å². The maximum absolute atomic E-state index is 13.2. The van der Waals surface area contributed by atoms with Gasteiger partial charge in [0.1, 0.15) is 4.21 Å². The minimum Gasteiger partial charge on any atom is -0.322 e. The van der Waals surface area contributed by atoms with Gasteiger partial charge < -0.3 is 5.32 Å². The molecule has 4 rings (SSSR count). The van der Waals surface area contributed by atoms with Gasteiger partial charge in [0, 0.05) is 12.2 Å². The van der Waals surface area contributed by atoms with Crippen LogP contribution < -0.4 is 9.62 Å². The summed E-state index contributed by atoms with van der Waals surface area (Å²) in [6.07, 6.45) is -3.47. The highest BCUT2D eigenvalue weighted by atomic mass is 32.2. The van der Waals surface area contributed by atoms with E-state index in [1.54, 1.807) is 29.6 Å². The van der Waals surface area contributed by atoms with Crippen molar-refractivity contribution in [2.24, 2.45) is 0 Å². The summed E-state index contributed by atoms with van der Waals surface area (Å²) in [5, 5.41) is 4.19. The van der Waals surface area contributed by atoms with Gasteiger partial charge >= 0.3 is 6.18 Å². The van der Waals surface area contributed by atoms with E-state index >= 15 is 0 Å².